The molecule has 0 atom stereocenters. The van der Waals surface area contributed by atoms with Gasteiger partial charge in [-0.25, -0.2) is 4.98 Å². The minimum absolute atomic E-state index is 0.230. The second-order valence-corrected chi connectivity index (χ2v) is 6.33. The zero-order chi connectivity index (χ0) is 16.2. The number of anilines is 1. The lowest BCUT2D eigenvalue weighted by molar-refractivity contribution is 0.102. The van der Waals surface area contributed by atoms with Gasteiger partial charge in [-0.3, -0.25) is 4.79 Å². The molecule has 5 nitrogen and oxygen atoms in total. The minimum atomic E-state index is -0.230. The highest BCUT2D eigenvalue weighted by Gasteiger charge is 2.22. The van der Waals surface area contributed by atoms with Crippen LogP contribution in [0.4, 0.5) is 5.69 Å². The Morgan fingerprint density at radius 1 is 1.26 bits per heavy atom. The SMILES string of the molecule is CC(C)c1ccc(NC(=O)c2coc(C3CCNCC3)n2)cc1. The van der Waals surface area contributed by atoms with E-state index in [1.807, 2.05) is 24.3 Å². The van der Waals surface area contributed by atoms with Crippen molar-refractivity contribution in [3.63, 3.8) is 0 Å². The Labute approximate surface area is 136 Å². The molecule has 0 radical (unpaired) electrons. The summed E-state index contributed by atoms with van der Waals surface area (Å²) in [4.78, 5) is 16.7. The molecule has 2 N–H and O–H groups in total. The van der Waals surface area contributed by atoms with Crippen LogP contribution in [0.5, 0.6) is 0 Å². The summed E-state index contributed by atoms with van der Waals surface area (Å²) in [5.41, 5.74) is 2.36. The summed E-state index contributed by atoms with van der Waals surface area (Å²) in [5, 5.41) is 6.18. The van der Waals surface area contributed by atoms with E-state index in [1.165, 1.54) is 11.8 Å². The van der Waals surface area contributed by atoms with Crippen LogP contribution in [0.15, 0.2) is 34.9 Å². The first-order valence-corrected chi connectivity index (χ1v) is 8.21. The van der Waals surface area contributed by atoms with E-state index in [0.29, 0.717) is 23.4 Å². The highest BCUT2D eigenvalue weighted by Crippen LogP contribution is 2.24. The quantitative estimate of drug-likeness (QED) is 0.906. The molecule has 122 valence electrons. The highest BCUT2D eigenvalue weighted by molar-refractivity contribution is 6.02. The van der Waals surface area contributed by atoms with Gasteiger partial charge >= 0.3 is 0 Å². The second-order valence-electron chi connectivity index (χ2n) is 6.33. The van der Waals surface area contributed by atoms with E-state index in [2.05, 4.69) is 29.5 Å². The van der Waals surface area contributed by atoms with Crippen LogP contribution in [0.25, 0.3) is 0 Å². The zero-order valence-corrected chi connectivity index (χ0v) is 13.6. The third-order valence-corrected chi connectivity index (χ3v) is 4.28. The number of hydrogen-bond donors (Lipinski definition) is 2. The molecule has 2 aromatic rings. The van der Waals surface area contributed by atoms with Crippen LogP contribution >= 0.6 is 0 Å². The van der Waals surface area contributed by atoms with Crippen LogP contribution in [-0.2, 0) is 0 Å². The molecule has 23 heavy (non-hydrogen) atoms. The molecule has 1 aromatic carbocycles. The Morgan fingerprint density at radius 3 is 2.61 bits per heavy atom. The van der Waals surface area contributed by atoms with Crippen LogP contribution in [0.2, 0.25) is 0 Å². The van der Waals surface area contributed by atoms with Crippen LogP contribution in [0.1, 0.15) is 60.5 Å². The topological polar surface area (TPSA) is 67.2 Å². The minimum Gasteiger partial charge on any atom is -0.448 e. The lowest BCUT2D eigenvalue weighted by Gasteiger charge is -2.19. The molecule has 1 amide bonds. The Kier molecular flexibility index (Phi) is 4.76. The van der Waals surface area contributed by atoms with Crippen molar-refractivity contribution in [3.8, 4) is 0 Å². The molecule has 0 unspecified atom stereocenters. The predicted molar refractivity (Wildman–Crippen MR) is 89.8 cm³/mol. The number of amides is 1. The van der Waals surface area contributed by atoms with Gasteiger partial charge in [0.15, 0.2) is 11.6 Å². The summed E-state index contributed by atoms with van der Waals surface area (Å²) in [5.74, 6) is 1.23. The van der Waals surface area contributed by atoms with E-state index >= 15 is 0 Å². The van der Waals surface area contributed by atoms with Crippen molar-refractivity contribution in [2.75, 3.05) is 18.4 Å². The Balaban J connectivity index is 1.65. The van der Waals surface area contributed by atoms with E-state index in [1.54, 1.807) is 0 Å². The van der Waals surface area contributed by atoms with Crippen LogP contribution in [-0.4, -0.2) is 24.0 Å². The largest absolute Gasteiger partial charge is 0.448 e. The smallest absolute Gasteiger partial charge is 0.277 e. The van der Waals surface area contributed by atoms with Gasteiger partial charge in [-0.1, -0.05) is 26.0 Å². The number of nitrogens with zero attached hydrogens (tertiary/aromatic N) is 1. The molecule has 1 saturated heterocycles. The number of carbonyl (C=O) groups excluding carboxylic acids is 1. The molecule has 1 aromatic heterocycles. The maximum Gasteiger partial charge on any atom is 0.277 e. The Morgan fingerprint density at radius 2 is 1.96 bits per heavy atom. The number of nitrogens with one attached hydrogen (secondary N) is 2. The molecular weight excluding hydrogens is 290 g/mol. The van der Waals surface area contributed by atoms with Gasteiger partial charge in [0.2, 0.25) is 0 Å². The lowest BCUT2D eigenvalue weighted by atomic mass is 9.98. The average molecular weight is 313 g/mol. The number of aromatic nitrogens is 1. The molecule has 0 bridgehead atoms. The summed E-state index contributed by atoms with van der Waals surface area (Å²) >= 11 is 0. The van der Waals surface area contributed by atoms with E-state index in [0.717, 1.165) is 31.6 Å². The first-order valence-electron chi connectivity index (χ1n) is 8.21. The maximum absolute atomic E-state index is 12.3. The number of rotatable bonds is 4. The summed E-state index contributed by atoms with van der Waals surface area (Å²) in [6, 6.07) is 7.90. The molecule has 1 aliphatic rings. The number of oxazole rings is 1. The average Bonchev–Trinajstić information content (AvgIpc) is 3.06. The summed E-state index contributed by atoms with van der Waals surface area (Å²) in [6.45, 7) is 6.23. The van der Waals surface area contributed by atoms with Gasteiger partial charge in [0.1, 0.15) is 6.26 Å². The normalized spacial score (nSPS) is 15.8. The van der Waals surface area contributed by atoms with Crippen molar-refractivity contribution in [2.24, 2.45) is 0 Å². The monoisotopic (exact) mass is 313 g/mol. The van der Waals surface area contributed by atoms with Gasteiger partial charge in [-0.2, -0.15) is 0 Å². The number of carbonyl (C=O) groups is 1. The van der Waals surface area contributed by atoms with Crippen molar-refractivity contribution < 1.29 is 9.21 Å². The Hall–Kier alpha value is -2.14. The number of benzene rings is 1. The molecule has 1 aliphatic heterocycles. The molecule has 3 rings (SSSR count). The third-order valence-electron chi connectivity index (χ3n) is 4.28. The van der Waals surface area contributed by atoms with Crippen LogP contribution < -0.4 is 10.6 Å². The molecular formula is C18H23N3O2. The van der Waals surface area contributed by atoms with Crippen molar-refractivity contribution in [1.29, 1.82) is 0 Å². The van der Waals surface area contributed by atoms with E-state index < -0.39 is 0 Å². The van der Waals surface area contributed by atoms with Gasteiger partial charge in [0, 0.05) is 11.6 Å². The third kappa shape index (κ3) is 3.79. The first-order chi connectivity index (χ1) is 11.1. The fourth-order valence-corrected chi connectivity index (χ4v) is 2.79. The molecule has 5 heteroatoms. The molecule has 1 fully saturated rings. The summed E-state index contributed by atoms with van der Waals surface area (Å²) in [6.07, 6.45) is 3.45. The van der Waals surface area contributed by atoms with Gasteiger partial charge in [0.05, 0.1) is 0 Å². The second kappa shape index (κ2) is 6.96. The van der Waals surface area contributed by atoms with Crippen molar-refractivity contribution in [2.45, 2.75) is 38.5 Å². The number of hydrogen-bond acceptors (Lipinski definition) is 4. The fourth-order valence-electron chi connectivity index (χ4n) is 2.79. The summed E-state index contributed by atoms with van der Waals surface area (Å²) < 4.78 is 5.51. The van der Waals surface area contributed by atoms with Gasteiger partial charge in [-0.15, -0.1) is 0 Å². The standard InChI is InChI=1S/C18H23N3O2/c1-12(2)13-3-5-15(6-4-13)20-17(22)16-11-23-18(21-16)14-7-9-19-10-8-14/h3-6,11-12,14,19H,7-10H2,1-2H3,(H,20,22). The zero-order valence-electron chi connectivity index (χ0n) is 13.6. The molecule has 0 saturated carbocycles. The van der Waals surface area contributed by atoms with Gasteiger partial charge in [0.25, 0.3) is 5.91 Å². The number of piperidine rings is 1. The summed E-state index contributed by atoms with van der Waals surface area (Å²) in [7, 11) is 0. The van der Waals surface area contributed by atoms with Crippen molar-refractivity contribution in [1.82, 2.24) is 10.3 Å². The Bertz CT molecular complexity index is 655. The maximum atomic E-state index is 12.3. The highest BCUT2D eigenvalue weighted by atomic mass is 16.3. The molecule has 0 aliphatic carbocycles. The molecule has 2 heterocycles. The fraction of sp³-hybridized carbons (Fsp3) is 0.444. The molecule has 0 spiro atoms. The van der Waals surface area contributed by atoms with Crippen LogP contribution in [0, 0.1) is 0 Å². The van der Waals surface area contributed by atoms with E-state index in [9.17, 15) is 4.79 Å². The van der Waals surface area contributed by atoms with Crippen LogP contribution in [0.3, 0.4) is 0 Å². The predicted octanol–water partition coefficient (Wildman–Crippen LogP) is 3.52. The van der Waals surface area contributed by atoms with Gasteiger partial charge in [-0.05, 0) is 49.5 Å². The lowest BCUT2D eigenvalue weighted by Crippen LogP contribution is -2.26. The van der Waals surface area contributed by atoms with E-state index in [4.69, 9.17) is 4.42 Å². The van der Waals surface area contributed by atoms with Crippen molar-refractivity contribution >= 4 is 11.6 Å². The van der Waals surface area contributed by atoms with E-state index in [-0.39, 0.29) is 5.91 Å². The first kappa shape index (κ1) is 15.7. The van der Waals surface area contributed by atoms with Gasteiger partial charge < -0.3 is 15.1 Å². The van der Waals surface area contributed by atoms with Crippen molar-refractivity contribution in [3.05, 3.63) is 47.7 Å².